The third-order valence-corrected chi connectivity index (χ3v) is 3.84. The fraction of sp³-hybridized carbons (Fsp3) is 0.118. The van der Waals surface area contributed by atoms with Crippen LogP contribution in [0, 0.1) is 0 Å². The zero-order valence-corrected chi connectivity index (χ0v) is 14.0. The fourth-order valence-electron chi connectivity index (χ4n) is 2.46. The highest BCUT2D eigenvalue weighted by Gasteiger charge is 2.41. The van der Waals surface area contributed by atoms with Gasteiger partial charge in [-0.3, -0.25) is 9.78 Å². The average Bonchev–Trinajstić information content (AvgIpc) is 3.02. The van der Waals surface area contributed by atoms with Crippen molar-refractivity contribution in [2.24, 2.45) is 0 Å². The van der Waals surface area contributed by atoms with Crippen molar-refractivity contribution < 1.29 is 22.5 Å². The molecule has 0 aliphatic carbocycles. The van der Waals surface area contributed by atoms with E-state index in [4.69, 9.17) is 16.1 Å². The van der Waals surface area contributed by atoms with Crippen LogP contribution in [0.5, 0.6) is 0 Å². The second-order valence-corrected chi connectivity index (χ2v) is 5.66. The molecule has 0 bridgehead atoms. The van der Waals surface area contributed by atoms with Gasteiger partial charge in [0.05, 0.1) is 16.3 Å². The zero-order chi connectivity index (χ0) is 18.9. The molecule has 0 unspecified atom stereocenters. The Morgan fingerprint density at radius 1 is 1.15 bits per heavy atom. The zero-order valence-electron chi connectivity index (χ0n) is 13.3. The summed E-state index contributed by atoms with van der Waals surface area (Å²) in [6.07, 6.45) is -2.11. The molecular formula is C17H11ClF3N3O2. The van der Waals surface area contributed by atoms with E-state index in [-0.39, 0.29) is 27.7 Å². The van der Waals surface area contributed by atoms with E-state index >= 15 is 0 Å². The molecule has 3 rings (SSSR count). The Morgan fingerprint density at radius 2 is 1.81 bits per heavy atom. The van der Waals surface area contributed by atoms with E-state index in [1.54, 1.807) is 12.1 Å². The molecule has 0 N–H and O–H groups in total. The maximum Gasteiger partial charge on any atom is 0.437 e. The van der Waals surface area contributed by atoms with Crippen LogP contribution in [0.4, 0.5) is 24.7 Å². The Balaban J connectivity index is 2.29. The van der Waals surface area contributed by atoms with Gasteiger partial charge in [-0.05, 0) is 29.8 Å². The van der Waals surface area contributed by atoms with Crippen molar-refractivity contribution in [1.82, 2.24) is 10.1 Å². The van der Waals surface area contributed by atoms with E-state index in [9.17, 15) is 18.0 Å². The maximum atomic E-state index is 13.4. The van der Waals surface area contributed by atoms with Gasteiger partial charge in [-0.2, -0.15) is 13.2 Å². The molecule has 1 aromatic carbocycles. The Hall–Kier alpha value is -2.87. The maximum absolute atomic E-state index is 13.4. The van der Waals surface area contributed by atoms with Crippen molar-refractivity contribution in [3.05, 3.63) is 59.5 Å². The number of amides is 1. The minimum absolute atomic E-state index is 0.155. The summed E-state index contributed by atoms with van der Waals surface area (Å²) in [5.41, 5.74) is -1.27. The van der Waals surface area contributed by atoms with E-state index in [0.717, 1.165) is 4.90 Å². The van der Waals surface area contributed by atoms with Crippen LogP contribution in [0.2, 0.25) is 5.02 Å². The Labute approximate surface area is 151 Å². The standard InChI is InChI=1S/C17H11ClF3N3O2/c1-10(25)24(13-5-3-2-4-12(13)18)16-14(11-6-8-22-9-7-11)15(23-26-16)17(19,20)21/h2-9H,1H3. The number of hydrogen-bond donors (Lipinski definition) is 0. The monoisotopic (exact) mass is 381 g/mol. The molecule has 0 radical (unpaired) electrons. The molecule has 9 heteroatoms. The number of nitrogens with zero attached hydrogens (tertiary/aromatic N) is 3. The summed E-state index contributed by atoms with van der Waals surface area (Å²) >= 11 is 6.12. The molecule has 134 valence electrons. The first kappa shape index (κ1) is 17.9. The Morgan fingerprint density at radius 3 is 2.38 bits per heavy atom. The second-order valence-electron chi connectivity index (χ2n) is 5.25. The molecular weight excluding hydrogens is 371 g/mol. The minimum atomic E-state index is -4.77. The first-order chi connectivity index (χ1) is 12.3. The molecule has 0 fully saturated rings. The highest BCUT2D eigenvalue weighted by molar-refractivity contribution is 6.34. The predicted molar refractivity (Wildman–Crippen MR) is 89.0 cm³/mol. The topological polar surface area (TPSA) is 59.2 Å². The number of benzene rings is 1. The van der Waals surface area contributed by atoms with E-state index in [1.165, 1.54) is 43.6 Å². The molecule has 0 aliphatic heterocycles. The normalized spacial score (nSPS) is 11.4. The number of anilines is 2. The van der Waals surface area contributed by atoms with Crippen molar-refractivity contribution in [2.45, 2.75) is 13.1 Å². The second kappa shape index (κ2) is 6.80. The number of aromatic nitrogens is 2. The molecule has 1 amide bonds. The molecule has 26 heavy (non-hydrogen) atoms. The lowest BCUT2D eigenvalue weighted by Crippen LogP contribution is -2.23. The van der Waals surface area contributed by atoms with Gasteiger partial charge in [0.25, 0.3) is 0 Å². The molecule has 5 nitrogen and oxygen atoms in total. The first-order valence-electron chi connectivity index (χ1n) is 7.33. The van der Waals surface area contributed by atoms with E-state index in [1.807, 2.05) is 0 Å². The number of hydrogen-bond acceptors (Lipinski definition) is 4. The molecule has 0 saturated heterocycles. The van der Waals surface area contributed by atoms with Crippen molar-refractivity contribution >= 4 is 29.1 Å². The molecule has 0 saturated carbocycles. The SMILES string of the molecule is CC(=O)N(c1ccccc1Cl)c1onc(C(F)(F)F)c1-c1ccncc1. The van der Waals surface area contributed by atoms with Crippen LogP contribution < -0.4 is 4.90 Å². The van der Waals surface area contributed by atoms with Crippen LogP contribution in [0.25, 0.3) is 11.1 Å². The number of alkyl halides is 3. The quantitative estimate of drug-likeness (QED) is 0.633. The van der Waals surface area contributed by atoms with Crippen molar-refractivity contribution in [2.75, 3.05) is 4.90 Å². The number of pyridine rings is 1. The van der Waals surface area contributed by atoms with Crippen LogP contribution in [-0.2, 0) is 11.0 Å². The third kappa shape index (κ3) is 3.28. The lowest BCUT2D eigenvalue weighted by Gasteiger charge is -2.20. The molecule has 2 heterocycles. The highest BCUT2D eigenvalue weighted by Crippen LogP contribution is 2.44. The number of halogens is 4. The van der Waals surface area contributed by atoms with Crippen LogP contribution in [0.15, 0.2) is 53.3 Å². The summed E-state index contributed by atoms with van der Waals surface area (Å²) < 4.78 is 45.2. The summed E-state index contributed by atoms with van der Waals surface area (Å²) in [5, 5.41) is 3.34. The van der Waals surface area contributed by atoms with Crippen LogP contribution >= 0.6 is 11.6 Å². The van der Waals surface area contributed by atoms with Gasteiger partial charge in [-0.15, -0.1) is 0 Å². The van der Waals surface area contributed by atoms with Crippen molar-refractivity contribution in [1.29, 1.82) is 0 Å². The summed E-state index contributed by atoms with van der Waals surface area (Å²) in [5.74, 6) is -0.956. The van der Waals surface area contributed by atoms with Crippen molar-refractivity contribution in [3.8, 4) is 11.1 Å². The number of para-hydroxylation sites is 1. The lowest BCUT2D eigenvalue weighted by atomic mass is 10.1. The van der Waals surface area contributed by atoms with E-state index in [2.05, 4.69) is 10.1 Å². The lowest BCUT2D eigenvalue weighted by molar-refractivity contribution is -0.142. The average molecular weight is 382 g/mol. The number of carbonyl (C=O) groups is 1. The van der Waals surface area contributed by atoms with Gasteiger partial charge in [-0.25, -0.2) is 4.90 Å². The minimum Gasteiger partial charge on any atom is -0.337 e. The highest BCUT2D eigenvalue weighted by atomic mass is 35.5. The van der Waals surface area contributed by atoms with Crippen molar-refractivity contribution in [3.63, 3.8) is 0 Å². The van der Waals surface area contributed by atoms with Gasteiger partial charge in [-0.1, -0.05) is 28.9 Å². The van der Waals surface area contributed by atoms with E-state index in [0.29, 0.717) is 0 Å². The fourth-order valence-corrected chi connectivity index (χ4v) is 2.68. The largest absolute Gasteiger partial charge is 0.437 e. The summed E-state index contributed by atoms with van der Waals surface area (Å²) in [6.45, 7) is 1.19. The van der Waals surface area contributed by atoms with Gasteiger partial charge < -0.3 is 4.52 Å². The van der Waals surface area contributed by atoms with Crippen LogP contribution in [-0.4, -0.2) is 16.0 Å². The van der Waals surface area contributed by atoms with Gasteiger partial charge in [0.2, 0.25) is 11.8 Å². The van der Waals surface area contributed by atoms with Crippen LogP contribution in [0.3, 0.4) is 0 Å². The van der Waals surface area contributed by atoms with Gasteiger partial charge in [0.1, 0.15) is 0 Å². The first-order valence-corrected chi connectivity index (χ1v) is 7.71. The van der Waals surface area contributed by atoms with Gasteiger partial charge >= 0.3 is 6.18 Å². The van der Waals surface area contributed by atoms with Gasteiger partial charge in [0, 0.05) is 19.3 Å². The van der Waals surface area contributed by atoms with Gasteiger partial charge in [0.15, 0.2) is 5.69 Å². The molecule has 2 aromatic heterocycles. The summed E-state index contributed by atoms with van der Waals surface area (Å²) in [7, 11) is 0. The van der Waals surface area contributed by atoms with Crippen LogP contribution in [0.1, 0.15) is 12.6 Å². The Bertz CT molecular complexity index is 942. The number of rotatable bonds is 3. The van der Waals surface area contributed by atoms with E-state index < -0.39 is 17.8 Å². The predicted octanol–water partition coefficient (Wildman–Crippen LogP) is 5.09. The summed E-state index contributed by atoms with van der Waals surface area (Å²) in [6, 6.07) is 8.99. The molecule has 0 atom stereocenters. The molecule has 3 aromatic rings. The molecule has 0 spiro atoms. The summed E-state index contributed by atoms with van der Waals surface area (Å²) in [4.78, 5) is 17.0. The third-order valence-electron chi connectivity index (χ3n) is 3.52. The molecule has 0 aliphatic rings. The smallest absolute Gasteiger partial charge is 0.337 e. The Kier molecular flexibility index (Phi) is 4.69. The number of carbonyl (C=O) groups excluding carboxylic acids is 1.